The summed E-state index contributed by atoms with van der Waals surface area (Å²) in [4.78, 5) is 12.7. The molecule has 0 aliphatic carbocycles. The lowest BCUT2D eigenvalue weighted by atomic mass is 9.96. The number of carbonyl (C=O) groups excluding carboxylic acids is 1. The fourth-order valence-corrected chi connectivity index (χ4v) is 2.59. The van der Waals surface area contributed by atoms with E-state index >= 15 is 0 Å². The van der Waals surface area contributed by atoms with Gasteiger partial charge in [-0.15, -0.1) is 0 Å². The van der Waals surface area contributed by atoms with Crippen molar-refractivity contribution in [3.05, 3.63) is 58.7 Å². The number of carbonyl (C=O) groups is 1. The van der Waals surface area contributed by atoms with Crippen molar-refractivity contribution in [1.29, 1.82) is 0 Å². The van der Waals surface area contributed by atoms with Gasteiger partial charge in [0.2, 0.25) is 0 Å². The van der Waals surface area contributed by atoms with Crippen molar-refractivity contribution in [1.82, 2.24) is 0 Å². The van der Waals surface area contributed by atoms with Crippen LogP contribution in [-0.4, -0.2) is 20.0 Å². The lowest BCUT2D eigenvalue weighted by molar-refractivity contribution is 0.103. The van der Waals surface area contributed by atoms with Crippen LogP contribution in [0.4, 0.5) is 0 Å². The minimum Gasteiger partial charge on any atom is -0.493 e. The molecule has 0 saturated carbocycles. The highest BCUT2D eigenvalue weighted by Crippen LogP contribution is 2.28. The fourth-order valence-electron chi connectivity index (χ4n) is 2.59. The lowest BCUT2D eigenvalue weighted by Gasteiger charge is -2.11. The molecule has 2 rings (SSSR count). The molecule has 0 radical (unpaired) electrons. The number of benzene rings is 2. The number of rotatable bonds is 6. The Morgan fingerprint density at radius 3 is 2.00 bits per heavy atom. The molecule has 0 fully saturated rings. The van der Waals surface area contributed by atoms with E-state index in [1.165, 1.54) is 11.1 Å². The third-order valence-electron chi connectivity index (χ3n) is 3.88. The van der Waals surface area contributed by atoms with Crippen LogP contribution in [0.3, 0.4) is 0 Å². The summed E-state index contributed by atoms with van der Waals surface area (Å²) in [5.41, 5.74) is 3.84. The first-order chi connectivity index (χ1) is 10.6. The second-order valence-electron chi connectivity index (χ2n) is 5.09. The summed E-state index contributed by atoms with van der Waals surface area (Å²) in [7, 11) is 3.15. The van der Waals surface area contributed by atoms with E-state index in [1.54, 1.807) is 32.4 Å². The van der Waals surface area contributed by atoms with Crippen LogP contribution in [0.25, 0.3) is 0 Å². The summed E-state index contributed by atoms with van der Waals surface area (Å²) in [5.74, 6) is 1.18. The third-order valence-corrected chi connectivity index (χ3v) is 3.88. The van der Waals surface area contributed by atoms with Crippen LogP contribution >= 0.6 is 0 Å². The summed E-state index contributed by atoms with van der Waals surface area (Å²) in [6.45, 7) is 4.24. The fraction of sp³-hybridized carbons (Fsp3) is 0.316. The molecule has 0 spiro atoms. The molecule has 0 amide bonds. The zero-order valence-corrected chi connectivity index (χ0v) is 13.6. The minimum absolute atomic E-state index is 0.00157. The molecule has 0 bridgehead atoms. The first kappa shape index (κ1) is 16.1. The number of hydrogen-bond donors (Lipinski definition) is 0. The first-order valence-corrected chi connectivity index (χ1v) is 7.53. The van der Waals surface area contributed by atoms with E-state index in [1.807, 2.05) is 18.2 Å². The molecular formula is C19H22O3. The second-order valence-corrected chi connectivity index (χ2v) is 5.09. The molecule has 0 heterocycles. The Morgan fingerprint density at radius 1 is 0.818 bits per heavy atom. The molecule has 0 saturated heterocycles. The van der Waals surface area contributed by atoms with Crippen molar-refractivity contribution < 1.29 is 14.3 Å². The van der Waals surface area contributed by atoms with Gasteiger partial charge >= 0.3 is 0 Å². The van der Waals surface area contributed by atoms with Crippen LogP contribution < -0.4 is 9.47 Å². The maximum atomic E-state index is 12.7. The molecule has 116 valence electrons. The predicted molar refractivity (Wildman–Crippen MR) is 88.2 cm³/mol. The summed E-state index contributed by atoms with van der Waals surface area (Å²) in [5, 5.41) is 0. The van der Waals surface area contributed by atoms with Crippen molar-refractivity contribution >= 4 is 5.78 Å². The van der Waals surface area contributed by atoms with E-state index in [0.717, 1.165) is 12.8 Å². The van der Waals surface area contributed by atoms with Crippen LogP contribution in [0.15, 0.2) is 36.4 Å². The predicted octanol–water partition coefficient (Wildman–Crippen LogP) is 4.06. The molecule has 3 heteroatoms. The van der Waals surface area contributed by atoms with Gasteiger partial charge < -0.3 is 9.47 Å². The third kappa shape index (κ3) is 3.14. The van der Waals surface area contributed by atoms with Crippen LogP contribution in [0.5, 0.6) is 11.5 Å². The van der Waals surface area contributed by atoms with Gasteiger partial charge in [-0.3, -0.25) is 4.79 Å². The Balaban J connectivity index is 2.39. The molecule has 0 aliphatic heterocycles. The second kappa shape index (κ2) is 7.12. The molecular weight excluding hydrogens is 276 g/mol. The van der Waals surface area contributed by atoms with Crippen LogP contribution in [0, 0.1) is 0 Å². The van der Waals surface area contributed by atoms with Crippen molar-refractivity contribution in [2.45, 2.75) is 26.7 Å². The highest BCUT2D eigenvalue weighted by molar-refractivity contribution is 6.09. The Bertz CT molecular complexity index is 617. The smallest absolute Gasteiger partial charge is 0.193 e. The molecule has 3 nitrogen and oxygen atoms in total. The van der Waals surface area contributed by atoms with E-state index in [0.29, 0.717) is 22.6 Å². The monoisotopic (exact) mass is 298 g/mol. The van der Waals surface area contributed by atoms with Gasteiger partial charge in [-0.2, -0.15) is 0 Å². The average Bonchev–Trinajstić information content (AvgIpc) is 2.59. The van der Waals surface area contributed by atoms with Crippen molar-refractivity contribution in [2.75, 3.05) is 14.2 Å². The van der Waals surface area contributed by atoms with Gasteiger partial charge in [0.05, 0.1) is 14.2 Å². The van der Waals surface area contributed by atoms with Crippen LogP contribution in [0.2, 0.25) is 0 Å². The van der Waals surface area contributed by atoms with Gasteiger partial charge in [0.1, 0.15) is 0 Å². The van der Waals surface area contributed by atoms with Crippen molar-refractivity contribution in [3.8, 4) is 11.5 Å². The van der Waals surface area contributed by atoms with Crippen molar-refractivity contribution in [2.24, 2.45) is 0 Å². The molecule has 22 heavy (non-hydrogen) atoms. The van der Waals surface area contributed by atoms with E-state index < -0.39 is 0 Å². The molecule has 2 aromatic carbocycles. The Kier molecular flexibility index (Phi) is 5.21. The van der Waals surface area contributed by atoms with Crippen LogP contribution in [0.1, 0.15) is 40.9 Å². The standard InChI is InChI=1S/C19H22O3/c1-5-13-7-8-15(11-14(13)6-2)19(20)16-9-10-17(21-3)18(12-16)22-4/h7-12H,5-6H2,1-4H3. The molecule has 0 N–H and O–H groups in total. The quantitative estimate of drug-likeness (QED) is 0.754. The summed E-state index contributed by atoms with van der Waals surface area (Å²) >= 11 is 0. The molecule has 0 unspecified atom stereocenters. The Morgan fingerprint density at radius 2 is 1.41 bits per heavy atom. The largest absolute Gasteiger partial charge is 0.493 e. The highest BCUT2D eigenvalue weighted by atomic mass is 16.5. The zero-order chi connectivity index (χ0) is 16.1. The van der Waals surface area contributed by atoms with Crippen LogP contribution in [-0.2, 0) is 12.8 Å². The zero-order valence-electron chi connectivity index (χ0n) is 13.6. The van der Waals surface area contributed by atoms with E-state index in [4.69, 9.17) is 9.47 Å². The molecule has 0 aromatic heterocycles. The maximum absolute atomic E-state index is 12.7. The molecule has 0 atom stereocenters. The summed E-state index contributed by atoms with van der Waals surface area (Å²) < 4.78 is 10.5. The molecule has 2 aromatic rings. The SMILES string of the molecule is CCc1ccc(C(=O)c2ccc(OC)c(OC)c2)cc1CC. The van der Waals surface area contributed by atoms with Crippen molar-refractivity contribution in [3.63, 3.8) is 0 Å². The Hall–Kier alpha value is -2.29. The van der Waals surface area contributed by atoms with Gasteiger partial charge in [-0.25, -0.2) is 0 Å². The molecule has 0 aliphatic rings. The van der Waals surface area contributed by atoms with Gasteiger partial charge in [-0.05, 0) is 48.2 Å². The number of aryl methyl sites for hydroxylation is 2. The van der Waals surface area contributed by atoms with Gasteiger partial charge in [0.15, 0.2) is 17.3 Å². The number of ketones is 1. The average molecular weight is 298 g/mol. The van der Waals surface area contributed by atoms with Gasteiger partial charge in [0.25, 0.3) is 0 Å². The Labute approximate surface area is 131 Å². The van der Waals surface area contributed by atoms with E-state index in [9.17, 15) is 4.79 Å². The number of methoxy groups -OCH3 is 2. The number of hydrogen-bond acceptors (Lipinski definition) is 3. The van der Waals surface area contributed by atoms with Gasteiger partial charge in [-0.1, -0.05) is 26.0 Å². The summed E-state index contributed by atoms with van der Waals surface area (Å²) in [6, 6.07) is 11.2. The first-order valence-electron chi connectivity index (χ1n) is 7.53. The highest BCUT2D eigenvalue weighted by Gasteiger charge is 2.14. The van der Waals surface area contributed by atoms with E-state index in [-0.39, 0.29) is 5.78 Å². The summed E-state index contributed by atoms with van der Waals surface area (Å²) in [6.07, 6.45) is 1.91. The van der Waals surface area contributed by atoms with Gasteiger partial charge in [0, 0.05) is 11.1 Å². The number of ether oxygens (including phenoxy) is 2. The maximum Gasteiger partial charge on any atom is 0.193 e. The topological polar surface area (TPSA) is 35.5 Å². The van der Waals surface area contributed by atoms with E-state index in [2.05, 4.69) is 13.8 Å². The lowest BCUT2D eigenvalue weighted by Crippen LogP contribution is -2.04. The normalized spacial score (nSPS) is 10.4. The minimum atomic E-state index is -0.00157.